The van der Waals surface area contributed by atoms with Crippen LogP contribution in [-0.2, 0) is 6.42 Å². The lowest BCUT2D eigenvalue weighted by molar-refractivity contribution is 0.114. The second kappa shape index (κ2) is 6.81. The van der Waals surface area contributed by atoms with Gasteiger partial charge in [-0.15, -0.1) is 0 Å². The van der Waals surface area contributed by atoms with Crippen molar-refractivity contribution in [1.82, 2.24) is 9.88 Å². The number of rotatable bonds is 6. The molecule has 0 fully saturated rings. The molecule has 16 heavy (non-hydrogen) atoms. The van der Waals surface area contributed by atoms with Gasteiger partial charge in [0.25, 0.3) is 0 Å². The highest BCUT2D eigenvalue weighted by Crippen LogP contribution is 2.07. The second-order valence-corrected chi connectivity index (χ2v) is 4.22. The Balaban J connectivity index is 2.39. The number of hydrogen-bond donors (Lipinski definition) is 2. The smallest absolute Gasteiger partial charge is 0.129 e. The molecule has 1 unspecified atom stereocenters. The predicted octanol–water partition coefficient (Wildman–Crippen LogP) is 0.562. The van der Waals surface area contributed by atoms with Crippen LogP contribution in [0.25, 0.3) is 0 Å². The number of hydrogen-bond acceptors (Lipinski definition) is 4. The van der Waals surface area contributed by atoms with E-state index in [0.29, 0.717) is 24.7 Å². The molecule has 1 rings (SSSR count). The molecule has 0 saturated carbocycles. The molecular formula is C11H17ClN2O2. The molecule has 0 aliphatic heterocycles. The molecule has 1 aromatic rings. The minimum Gasteiger partial charge on any atom is -0.395 e. The number of nitrogens with zero attached hydrogens (tertiary/aromatic N) is 2. The summed E-state index contributed by atoms with van der Waals surface area (Å²) in [5.41, 5.74) is 0.953. The molecule has 1 heterocycles. The van der Waals surface area contributed by atoms with Crippen molar-refractivity contribution >= 4 is 11.6 Å². The van der Waals surface area contributed by atoms with Crippen molar-refractivity contribution in [2.45, 2.75) is 12.5 Å². The van der Waals surface area contributed by atoms with Crippen molar-refractivity contribution in [2.24, 2.45) is 0 Å². The van der Waals surface area contributed by atoms with Gasteiger partial charge in [0.15, 0.2) is 0 Å². The van der Waals surface area contributed by atoms with E-state index in [2.05, 4.69) is 4.98 Å². The topological polar surface area (TPSA) is 56.6 Å². The summed E-state index contributed by atoms with van der Waals surface area (Å²) in [6, 6.07) is 3.56. The van der Waals surface area contributed by atoms with Crippen molar-refractivity contribution in [3.05, 3.63) is 29.0 Å². The molecule has 0 spiro atoms. The lowest BCUT2D eigenvalue weighted by Crippen LogP contribution is -2.32. The molecule has 4 nitrogen and oxygen atoms in total. The number of halogens is 1. The Morgan fingerprint density at radius 2 is 2.25 bits per heavy atom. The van der Waals surface area contributed by atoms with Crippen LogP contribution in [0.5, 0.6) is 0 Å². The molecule has 2 N–H and O–H groups in total. The van der Waals surface area contributed by atoms with E-state index in [-0.39, 0.29) is 6.61 Å². The maximum Gasteiger partial charge on any atom is 0.129 e. The number of pyridine rings is 1. The normalized spacial score (nSPS) is 13.1. The van der Waals surface area contributed by atoms with Crippen molar-refractivity contribution in [3.63, 3.8) is 0 Å². The Labute approximate surface area is 100 Å². The summed E-state index contributed by atoms with van der Waals surface area (Å²) in [5, 5.41) is 19.0. The van der Waals surface area contributed by atoms with E-state index in [1.165, 1.54) is 0 Å². The summed E-state index contributed by atoms with van der Waals surface area (Å²) >= 11 is 5.66. The average Bonchev–Trinajstić information content (AvgIpc) is 2.21. The fourth-order valence-corrected chi connectivity index (χ4v) is 1.60. The van der Waals surface area contributed by atoms with Gasteiger partial charge in [0.2, 0.25) is 0 Å². The summed E-state index contributed by atoms with van der Waals surface area (Å²) in [5.74, 6) is 0. The van der Waals surface area contributed by atoms with E-state index in [0.717, 1.165) is 5.56 Å². The van der Waals surface area contributed by atoms with E-state index >= 15 is 0 Å². The number of aliphatic hydroxyl groups excluding tert-OH is 2. The van der Waals surface area contributed by atoms with E-state index < -0.39 is 6.10 Å². The third-order valence-corrected chi connectivity index (χ3v) is 2.49. The fraction of sp³-hybridized carbons (Fsp3) is 0.545. The van der Waals surface area contributed by atoms with Crippen molar-refractivity contribution in [3.8, 4) is 0 Å². The molecule has 0 aromatic carbocycles. The largest absolute Gasteiger partial charge is 0.395 e. The summed E-state index contributed by atoms with van der Waals surface area (Å²) in [4.78, 5) is 5.83. The molecule has 0 bridgehead atoms. The third-order valence-electron chi connectivity index (χ3n) is 2.26. The Hall–Kier alpha value is -0.680. The van der Waals surface area contributed by atoms with Gasteiger partial charge in [0, 0.05) is 25.7 Å². The standard InChI is InChI=1S/C11H17ClN2O2/c1-14(4-5-15)8-10(16)6-9-2-3-11(12)13-7-9/h2-3,7,10,15-16H,4-6,8H2,1H3. The van der Waals surface area contributed by atoms with Crippen LogP contribution in [0.15, 0.2) is 18.3 Å². The summed E-state index contributed by atoms with van der Waals surface area (Å²) < 4.78 is 0. The predicted molar refractivity (Wildman–Crippen MR) is 63.5 cm³/mol. The molecule has 0 radical (unpaired) electrons. The highest BCUT2D eigenvalue weighted by molar-refractivity contribution is 6.29. The van der Waals surface area contributed by atoms with Gasteiger partial charge in [-0.05, 0) is 18.7 Å². The van der Waals surface area contributed by atoms with E-state index in [4.69, 9.17) is 16.7 Å². The highest BCUT2D eigenvalue weighted by atomic mass is 35.5. The van der Waals surface area contributed by atoms with Crippen LogP contribution >= 0.6 is 11.6 Å². The summed E-state index contributed by atoms with van der Waals surface area (Å²) in [7, 11) is 1.86. The quantitative estimate of drug-likeness (QED) is 0.719. The molecule has 0 aliphatic carbocycles. The van der Waals surface area contributed by atoms with Gasteiger partial charge < -0.3 is 15.1 Å². The molecule has 1 aromatic heterocycles. The molecule has 0 amide bonds. The van der Waals surface area contributed by atoms with Crippen LogP contribution in [0.1, 0.15) is 5.56 Å². The van der Waals surface area contributed by atoms with E-state index in [1.54, 1.807) is 12.3 Å². The Kier molecular flexibility index (Phi) is 5.69. The Morgan fingerprint density at radius 1 is 1.50 bits per heavy atom. The molecular weight excluding hydrogens is 228 g/mol. The first-order chi connectivity index (χ1) is 7.61. The second-order valence-electron chi connectivity index (χ2n) is 3.83. The van der Waals surface area contributed by atoms with E-state index in [1.807, 2.05) is 18.0 Å². The highest BCUT2D eigenvalue weighted by Gasteiger charge is 2.08. The van der Waals surface area contributed by atoms with Crippen molar-refractivity contribution < 1.29 is 10.2 Å². The molecule has 1 atom stereocenters. The summed E-state index contributed by atoms with van der Waals surface area (Å²) in [6.07, 6.45) is 1.75. The Bertz CT molecular complexity index is 305. The lowest BCUT2D eigenvalue weighted by Gasteiger charge is -2.19. The SMILES string of the molecule is CN(CCO)CC(O)Cc1ccc(Cl)nc1. The first-order valence-electron chi connectivity index (χ1n) is 5.19. The first kappa shape index (κ1) is 13.4. The molecule has 90 valence electrons. The maximum atomic E-state index is 9.78. The maximum absolute atomic E-state index is 9.78. The van der Waals surface area contributed by atoms with Crippen LogP contribution in [0.4, 0.5) is 0 Å². The number of aromatic nitrogens is 1. The Morgan fingerprint density at radius 3 is 2.81 bits per heavy atom. The van der Waals surface area contributed by atoms with Gasteiger partial charge in [-0.2, -0.15) is 0 Å². The third kappa shape index (κ3) is 4.90. The first-order valence-corrected chi connectivity index (χ1v) is 5.57. The molecule has 0 aliphatic rings. The number of likely N-dealkylation sites (N-methyl/N-ethyl adjacent to an activating group) is 1. The van der Waals surface area contributed by atoms with Gasteiger partial charge in [-0.25, -0.2) is 4.98 Å². The van der Waals surface area contributed by atoms with Gasteiger partial charge in [-0.3, -0.25) is 0 Å². The number of aliphatic hydroxyl groups is 2. The van der Waals surface area contributed by atoms with Crippen molar-refractivity contribution in [2.75, 3.05) is 26.7 Å². The van der Waals surface area contributed by atoms with Crippen LogP contribution < -0.4 is 0 Å². The minimum absolute atomic E-state index is 0.103. The minimum atomic E-state index is -0.459. The summed E-state index contributed by atoms with van der Waals surface area (Å²) in [6.45, 7) is 1.20. The van der Waals surface area contributed by atoms with Crippen LogP contribution in [0.2, 0.25) is 5.15 Å². The van der Waals surface area contributed by atoms with Crippen LogP contribution in [-0.4, -0.2) is 52.9 Å². The van der Waals surface area contributed by atoms with E-state index in [9.17, 15) is 5.11 Å². The average molecular weight is 245 g/mol. The molecule has 0 saturated heterocycles. The zero-order valence-corrected chi connectivity index (χ0v) is 10.1. The monoisotopic (exact) mass is 244 g/mol. The van der Waals surface area contributed by atoms with Gasteiger partial charge in [-0.1, -0.05) is 17.7 Å². The zero-order valence-electron chi connectivity index (χ0n) is 9.30. The van der Waals surface area contributed by atoms with Gasteiger partial charge in [0.1, 0.15) is 5.15 Å². The van der Waals surface area contributed by atoms with Gasteiger partial charge >= 0.3 is 0 Å². The van der Waals surface area contributed by atoms with Crippen LogP contribution in [0, 0.1) is 0 Å². The van der Waals surface area contributed by atoms with Crippen molar-refractivity contribution in [1.29, 1.82) is 0 Å². The fourth-order valence-electron chi connectivity index (χ4n) is 1.49. The van der Waals surface area contributed by atoms with Crippen LogP contribution in [0.3, 0.4) is 0 Å². The zero-order chi connectivity index (χ0) is 12.0. The molecule has 5 heteroatoms. The van der Waals surface area contributed by atoms with Gasteiger partial charge in [0.05, 0.1) is 12.7 Å². The lowest BCUT2D eigenvalue weighted by atomic mass is 10.1.